The van der Waals surface area contributed by atoms with Crippen molar-refractivity contribution in [2.75, 3.05) is 21.3 Å². The van der Waals surface area contributed by atoms with Crippen molar-refractivity contribution in [1.29, 1.82) is 0 Å². The van der Waals surface area contributed by atoms with E-state index in [0.29, 0.717) is 0 Å². The highest BCUT2D eigenvalue weighted by Crippen LogP contribution is 2.55. The van der Waals surface area contributed by atoms with E-state index in [1.807, 2.05) is 0 Å². The van der Waals surface area contributed by atoms with Gasteiger partial charge in [0, 0.05) is 11.6 Å². The summed E-state index contributed by atoms with van der Waals surface area (Å²) in [7, 11) is 3.36. The fourth-order valence-corrected chi connectivity index (χ4v) is 5.50. The molecule has 1 atom stereocenters. The zero-order valence-electron chi connectivity index (χ0n) is 18.7. The van der Waals surface area contributed by atoms with Crippen LogP contribution < -0.4 is 5.32 Å². The molecule has 0 aromatic heterocycles. The number of hydrogen-bond acceptors (Lipinski definition) is 10. The number of carbonyl (C=O) groups is 4. The van der Waals surface area contributed by atoms with Crippen LogP contribution in [0, 0.1) is 0 Å². The maximum atomic E-state index is 13.8. The summed E-state index contributed by atoms with van der Waals surface area (Å²) in [4.78, 5) is 53.8. The van der Waals surface area contributed by atoms with E-state index < -0.39 is 34.1 Å². The molecule has 0 aromatic rings. The summed E-state index contributed by atoms with van der Waals surface area (Å²) in [5.74, 6) is -3.41. The predicted octanol–water partition coefficient (Wildman–Crippen LogP) is 1.47. The van der Waals surface area contributed by atoms with Crippen LogP contribution in [-0.2, 0) is 33.4 Å². The van der Waals surface area contributed by atoms with E-state index in [9.17, 15) is 19.2 Å². The molecule has 170 valence electrons. The van der Waals surface area contributed by atoms with Gasteiger partial charge in [0.2, 0.25) is 0 Å². The maximum Gasteiger partial charge on any atom is 0.340 e. The molecule has 1 N–H and O–H groups in total. The average Bonchev–Trinajstić information content (AvgIpc) is 3.10. The summed E-state index contributed by atoms with van der Waals surface area (Å²) in [6.07, 6.45) is 0. The Morgan fingerprint density at radius 1 is 1.00 bits per heavy atom. The van der Waals surface area contributed by atoms with Gasteiger partial charge in [0.1, 0.15) is 4.32 Å². The molecule has 1 aliphatic heterocycles. The first-order chi connectivity index (χ1) is 14.3. The van der Waals surface area contributed by atoms with Crippen molar-refractivity contribution >= 4 is 52.1 Å². The lowest BCUT2D eigenvalue weighted by Gasteiger charge is -2.33. The Labute approximate surface area is 190 Å². The van der Waals surface area contributed by atoms with Crippen molar-refractivity contribution in [3.05, 3.63) is 22.4 Å². The van der Waals surface area contributed by atoms with Crippen molar-refractivity contribution in [1.82, 2.24) is 10.2 Å². The van der Waals surface area contributed by atoms with Crippen LogP contribution in [0.1, 0.15) is 34.6 Å². The first kappa shape index (κ1) is 24.9. The van der Waals surface area contributed by atoms with Gasteiger partial charge in [0.15, 0.2) is 4.75 Å². The molecule has 9 nitrogen and oxygen atoms in total. The second-order valence-corrected chi connectivity index (χ2v) is 10.0. The van der Waals surface area contributed by atoms with E-state index in [0.717, 1.165) is 33.1 Å². The maximum absolute atomic E-state index is 13.8. The third kappa shape index (κ3) is 3.96. The van der Waals surface area contributed by atoms with Crippen LogP contribution in [-0.4, -0.2) is 70.7 Å². The van der Waals surface area contributed by atoms with Crippen LogP contribution in [0.2, 0.25) is 0 Å². The van der Waals surface area contributed by atoms with E-state index in [-0.39, 0.29) is 32.8 Å². The molecule has 1 heterocycles. The Bertz CT molecular complexity index is 930. The Kier molecular flexibility index (Phi) is 6.91. The van der Waals surface area contributed by atoms with Gasteiger partial charge >= 0.3 is 17.9 Å². The summed E-state index contributed by atoms with van der Waals surface area (Å²) in [6.45, 7) is 8.95. The van der Waals surface area contributed by atoms with E-state index in [2.05, 4.69) is 5.32 Å². The van der Waals surface area contributed by atoms with Gasteiger partial charge in [0.05, 0.1) is 43.7 Å². The van der Waals surface area contributed by atoms with Crippen molar-refractivity contribution in [3.63, 3.8) is 0 Å². The molecule has 0 radical (unpaired) electrons. The third-order valence-corrected chi connectivity index (χ3v) is 6.30. The Balaban J connectivity index is 3.05. The largest absolute Gasteiger partial charge is 0.466 e. The second-order valence-electron chi connectivity index (χ2n) is 8.17. The first-order valence-corrected chi connectivity index (χ1v) is 10.6. The van der Waals surface area contributed by atoms with Gasteiger partial charge < -0.3 is 19.5 Å². The molecule has 1 amide bonds. The van der Waals surface area contributed by atoms with Crippen molar-refractivity contribution in [2.45, 2.75) is 50.9 Å². The number of amides is 1. The normalized spacial score (nSPS) is 21.4. The molecular formula is C20H26N2O7S2. The van der Waals surface area contributed by atoms with Gasteiger partial charge in [-0.3, -0.25) is 9.69 Å². The number of methoxy groups -OCH3 is 3. The highest BCUT2D eigenvalue weighted by molar-refractivity contribution is 8.25. The van der Waals surface area contributed by atoms with Gasteiger partial charge in [-0.15, -0.1) is 0 Å². The average molecular weight is 471 g/mol. The Hall–Kier alpha value is -2.40. The monoisotopic (exact) mass is 470 g/mol. The van der Waals surface area contributed by atoms with Gasteiger partial charge in [-0.25, -0.2) is 14.4 Å². The lowest BCUT2D eigenvalue weighted by molar-refractivity contribution is -0.141. The summed E-state index contributed by atoms with van der Waals surface area (Å²) >= 11 is 6.35. The molecule has 1 unspecified atom stereocenters. The van der Waals surface area contributed by atoms with E-state index in [4.69, 9.17) is 26.4 Å². The molecular weight excluding hydrogens is 444 g/mol. The van der Waals surface area contributed by atoms with Crippen LogP contribution in [0.4, 0.5) is 0 Å². The molecule has 2 aliphatic rings. The number of nitrogens with zero attached hydrogens (tertiary/aromatic N) is 1. The molecule has 0 bridgehead atoms. The van der Waals surface area contributed by atoms with Crippen LogP contribution in [0.3, 0.4) is 0 Å². The second kappa shape index (κ2) is 8.62. The van der Waals surface area contributed by atoms with E-state index >= 15 is 0 Å². The number of ether oxygens (including phenoxy) is 3. The smallest absolute Gasteiger partial charge is 0.340 e. The lowest BCUT2D eigenvalue weighted by Crippen LogP contribution is -2.51. The zero-order chi connectivity index (χ0) is 23.9. The molecule has 0 aromatic carbocycles. The molecule has 1 aliphatic carbocycles. The summed E-state index contributed by atoms with van der Waals surface area (Å²) in [6, 6.07) is -0.328. The number of rotatable bonds is 5. The zero-order valence-corrected chi connectivity index (χ0v) is 20.3. The predicted molar refractivity (Wildman–Crippen MR) is 118 cm³/mol. The van der Waals surface area contributed by atoms with Crippen molar-refractivity contribution in [2.24, 2.45) is 0 Å². The number of esters is 3. The SMILES string of the molecule is COC(=O)C1=C(NC(C)(C)C)C2(SC(=S)N(C(C)C)C2=O)C(C(=O)OC)=C1C(=O)OC. The van der Waals surface area contributed by atoms with E-state index in [1.165, 1.54) is 4.90 Å². The van der Waals surface area contributed by atoms with Crippen LogP contribution in [0.5, 0.6) is 0 Å². The number of hydrogen-bond donors (Lipinski definition) is 1. The summed E-state index contributed by atoms with van der Waals surface area (Å²) < 4.78 is 13.1. The molecule has 0 saturated carbocycles. The molecule has 31 heavy (non-hydrogen) atoms. The Morgan fingerprint density at radius 3 is 1.87 bits per heavy atom. The minimum atomic E-state index is -1.82. The fourth-order valence-electron chi connectivity index (χ4n) is 3.45. The highest BCUT2D eigenvalue weighted by atomic mass is 32.2. The highest BCUT2D eigenvalue weighted by Gasteiger charge is 2.65. The standard InChI is InChI=1S/C20H26N2O7S2/c1-9(2)22-17(26)20(31-18(22)30)12(16(25)29-8)10(14(23)27-6)11(15(24)28-7)13(20)21-19(3,4)5/h9,21H,1-8H3. The van der Waals surface area contributed by atoms with Crippen LogP contribution in [0.25, 0.3) is 0 Å². The lowest BCUT2D eigenvalue weighted by atomic mass is 9.93. The van der Waals surface area contributed by atoms with Gasteiger partial charge in [-0.2, -0.15) is 0 Å². The third-order valence-electron chi connectivity index (χ3n) is 4.60. The quantitative estimate of drug-likeness (QED) is 0.360. The van der Waals surface area contributed by atoms with Gasteiger partial charge in [-0.1, -0.05) is 24.0 Å². The summed E-state index contributed by atoms with van der Waals surface area (Å²) in [5.41, 5.74) is -1.61. The molecule has 1 fully saturated rings. The minimum absolute atomic E-state index is 0.0353. The molecule has 1 spiro atoms. The Morgan fingerprint density at radius 2 is 1.48 bits per heavy atom. The van der Waals surface area contributed by atoms with Crippen molar-refractivity contribution < 1.29 is 33.4 Å². The first-order valence-electron chi connectivity index (χ1n) is 9.38. The number of nitrogens with one attached hydrogen (secondary N) is 1. The molecule has 11 heteroatoms. The number of carbonyl (C=O) groups excluding carboxylic acids is 4. The van der Waals surface area contributed by atoms with Crippen LogP contribution >= 0.6 is 24.0 Å². The number of thiocarbonyl (C=S) groups is 1. The summed E-state index contributed by atoms with van der Waals surface area (Å²) in [5, 5.41) is 3.14. The van der Waals surface area contributed by atoms with Gasteiger partial charge in [0.25, 0.3) is 5.91 Å². The topological polar surface area (TPSA) is 111 Å². The van der Waals surface area contributed by atoms with Crippen molar-refractivity contribution in [3.8, 4) is 0 Å². The number of thioether (sulfide) groups is 1. The minimum Gasteiger partial charge on any atom is -0.466 e. The van der Waals surface area contributed by atoms with E-state index in [1.54, 1.807) is 34.6 Å². The molecule has 2 rings (SSSR count). The molecule has 1 saturated heterocycles. The van der Waals surface area contributed by atoms with Crippen LogP contribution in [0.15, 0.2) is 22.4 Å². The van der Waals surface area contributed by atoms with Gasteiger partial charge in [-0.05, 0) is 34.6 Å². The fraction of sp³-hybridized carbons (Fsp3) is 0.550.